The predicted molar refractivity (Wildman–Crippen MR) is 228 cm³/mol. The number of anilines is 1. The lowest BCUT2D eigenvalue weighted by Crippen LogP contribution is -2.28. The van der Waals surface area contributed by atoms with Crippen molar-refractivity contribution in [3.63, 3.8) is 0 Å². The topological polar surface area (TPSA) is 303 Å². The third-order valence-corrected chi connectivity index (χ3v) is 13.0. The summed E-state index contributed by atoms with van der Waals surface area (Å²) in [5.41, 5.74) is 0.177. The first kappa shape index (κ1) is 46.1. The number of phenolic OH excluding ortho intramolecular Hbond substituents is 4. The molecular formula is C41H35FN5O14PS2. The number of nitrogens with zero attached hydrogens (tertiary/aromatic N) is 1. The van der Waals surface area contributed by atoms with E-state index in [9.17, 15) is 57.1 Å². The van der Waals surface area contributed by atoms with Crippen LogP contribution in [0.25, 0.3) is 10.1 Å². The zero-order valence-electron chi connectivity index (χ0n) is 32.8. The number of fused-ring (bicyclic) bond motifs is 1. The average Bonchev–Trinajstić information content (AvgIpc) is 3.70. The lowest BCUT2D eigenvalue weighted by Gasteiger charge is -2.15. The van der Waals surface area contributed by atoms with Crippen molar-refractivity contribution in [3.05, 3.63) is 125 Å². The van der Waals surface area contributed by atoms with Gasteiger partial charge in [0.25, 0.3) is 27.7 Å². The van der Waals surface area contributed by atoms with Crippen molar-refractivity contribution < 1.29 is 71.1 Å². The molecule has 0 saturated carbocycles. The number of aromatic hydroxyl groups is 4. The molecule has 23 heteroatoms. The Balaban J connectivity index is 1.10. The lowest BCUT2D eigenvalue weighted by molar-refractivity contribution is 0.0936. The number of hydrogen-bond donors (Lipinski definition) is 9. The standard InChI is InChI=1S/C41H35FN5O14PS2/c42-30-20-29(6-1-26(30)21-43)61-62(55,56)22-46-64(57,58)38-19-27-15-28(5-10-37(27)63-38)47-41(54)25-4-9-35(59-13-11-44-39(52)23-2-7-31(48)33(50)16-23)36(18-25)60-14-12-45-40(53)24-3-8-32(49)34(51)17-24/h1-10,15-20,46,48-51H,11-14,22H2,(H,44,52)(H,45,53)(H,47,54)(H,55,56). The molecule has 9 N–H and O–H groups in total. The van der Waals surface area contributed by atoms with Gasteiger partial charge >= 0.3 is 7.60 Å². The molecule has 64 heavy (non-hydrogen) atoms. The molecule has 332 valence electrons. The first-order valence-corrected chi connectivity index (χ1v) is 22.5. The fourth-order valence-electron chi connectivity index (χ4n) is 5.58. The molecule has 5 aromatic carbocycles. The van der Waals surface area contributed by atoms with Crippen molar-refractivity contribution in [2.75, 3.05) is 37.9 Å². The summed E-state index contributed by atoms with van der Waals surface area (Å²) in [4.78, 5) is 48.8. The third kappa shape index (κ3) is 11.7. The van der Waals surface area contributed by atoms with Crippen molar-refractivity contribution in [3.8, 4) is 46.3 Å². The third-order valence-electron chi connectivity index (χ3n) is 8.75. The summed E-state index contributed by atoms with van der Waals surface area (Å²) in [6.07, 6.45) is -1.06. The van der Waals surface area contributed by atoms with Gasteiger partial charge in [0.15, 0.2) is 34.5 Å². The van der Waals surface area contributed by atoms with Gasteiger partial charge in [-0.25, -0.2) is 17.4 Å². The molecule has 1 heterocycles. The second-order valence-corrected chi connectivity index (χ2v) is 18.2. The van der Waals surface area contributed by atoms with E-state index in [0.29, 0.717) is 10.1 Å². The van der Waals surface area contributed by atoms with Crippen molar-refractivity contribution >= 4 is 62.5 Å². The number of phenols is 4. The minimum atomic E-state index is -4.68. The summed E-state index contributed by atoms with van der Waals surface area (Å²) in [5.74, 6) is -4.68. The van der Waals surface area contributed by atoms with Crippen molar-refractivity contribution in [2.24, 2.45) is 0 Å². The van der Waals surface area contributed by atoms with Crippen molar-refractivity contribution in [2.45, 2.75) is 4.21 Å². The predicted octanol–water partition coefficient (Wildman–Crippen LogP) is 5.10. The maximum atomic E-state index is 13.9. The average molecular weight is 936 g/mol. The van der Waals surface area contributed by atoms with Gasteiger partial charge in [-0.3, -0.25) is 14.4 Å². The number of carbonyl (C=O) groups is 3. The molecule has 1 unspecified atom stereocenters. The van der Waals surface area contributed by atoms with Gasteiger partial charge in [-0.1, -0.05) is 0 Å². The highest BCUT2D eigenvalue weighted by atomic mass is 32.2. The van der Waals surface area contributed by atoms with Crippen LogP contribution in [0.1, 0.15) is 36.6 Å². The van der Waals surface area contributed by atoms with Crippen LogP contribution in [0.4, 0.5) is 10.1 Å². The summed E-state index contributed by atoms with van der Waals surface area (Å²) in [6, 6.07) is 21.6. The van der Waals surface area contributed by atoms with Crippen LogP contribution < -0.4 is 34.7 Å². The van der Waals surface area contributed by atoms with Gasteiger partial charge in [0.05, 0.1) is 18.7 Å². The Kier molecular flexibility index (Phi) is 14.2. The Bertz CT molecular complexity index is 2980. The van der Waals surface area contributed by atoms with Crippen LogP contribution >= 0.6 is 18.9 Å². The normalized spacial score (nSPS) is 12.1. The summed E-state index contributed by atoms with van der Waals surface area (Å²) in [5, 5.41) is 55.7. The number of rotatable bonds is 18. The van der Waals surface area contributed by atoms with Crippen LogP contribution in [0.2, 0.25) is 0 Å². The zero-order chi connectivity index (χ0) is 46.2. The molecule has 0 fully saturated rings. The highest BCUT2D eigenvalue weighted by Gasteiger charge is 2.27. The van der Waals surface area contributed by atoms with Crippen molar-refractivity contribution in [1.29, 1.82) is 5.26 Å². The number of benzene rings is 5. The van der Waals surface area contributed by atoms with E-state index in [1.54, 1.807) is 12.1 Å². The van der Waals surface area contributed by atoms with E-state index >= 15 is 0 Å². The Hall–Kier alpha value is -7.41. The molecule has 1 atom stereocenters. The molecule has 0 radical (unpaired) electrons. The number of hydrogen-bond acceptors (Lipinski definition) is 15. The Morgan fingerprint density at radius 2 is 1.31 bits per heavy atom. The van der Waals surface area contributed by atoms with E-state index < -0.39 is 76.2 Å². The largest absolute Gasteiger partial charge is 0.504 e. The number of nitrogens with one attached hydrogen (secondary N) is 4. The summed E-state index contributed by atoms with van der Waals surface area (Å²) < 4.78 is 71.6. The van der Waals surface area contributed by atoms with Crippen molar-refractivity contribution in [1.82, 2.24) is 15.4 Å². The fourth-order valence-corrected chi connectivity index (χ4v) is 9.50. The Morgan fingerprint density at radius 1 is 0.719 bits per heavy atom. The fraction of sp³-hybridized carbons (Fsp3) is 0.122. The number of carbonyl (C=O) groups excluding carboxylic acids is 3. The first-order chi connectivity index (χ1) is 30.4. The molecule has 1 aromatic heterocycles. The quantitative estimate of drug-likeness (QED) is 0.0308. The maximum Gasteiger partial charge on any atom is 0.391 e. The molecule has 6 rings (SSSR count). The van der Waals surface area contributed by atoms with Gasteiger partial charge in [-0.05, 0) is 96.4 Å². The lowest BCUT2D eigenvalue weighted by atomic mass is 10.1. The molecule has 0 aliphatic heterocycles. The van der Waals surface area contributed by atoms with Gasteiger partial charge < -0.3 is 55.3 Å². The molecule has 0 saturated heterocycles. The summed E-state index contributed by atoms with van der Waals surface area (Å²) in [6.45, 7) is -0.278. The van der Waals surface area contributed by atoms with E-state index in [0.717, 1.165) is 53.8 Å². The smallest absolute Gasteiger partial charge is 0.391 e. The maximum absolute atomic E-state index is 13.9. The molecule has 0 aliphatic carbocycles. The molecule has 19 nitrogen and oxygen atoms in total. The van der Waals surface area contributed by atoms with Gasteiger partial charge in [0.1, 0.15) is 41.3 Å². The monoisotopic (exact) mass is 935 g/mol. The highest BCUT2D eigenvalue weighted by Crippen LogP contribution is 2.42. The molecule has 0 bridgehead atoms. The highest BCUT2D eigenvalue weighted by molar-refractivity contribution is 7.92. The van der Waals surface area contributed by atoms with Crippen LogP contribution in [0, 0.1) is 17.1 Å². The number of halogens is 1. The Labute approximate surface area is 366 Å². The SMILES string of the molecule is N#Cc1ccc(OP(=O)(O)CNS(=O)(=O)c2cc3cc(NC(=O)c4ccc(OCCNC(=O)c5ccc(O)c(O)c5)c(OCCNC(=O)c5ccc(O)c(O)c5)c4)ccc3s2)cc1F. The molecule has 0 spiro atoms. The molecule has 6 aromatic rings. The number of amides is 3. The van der Waals surface area contributed by atoms with Crippen LogP contribution in [0.15, 0.2) is 101 Å². The summed E-state index contributed by atoms with van der Waals surface area (Å²) in [7, 11) is -9.05. The van der Waals surface area contributed by atoms with Gasteiger partial charge in [-0.2, -0.15) is 9.98 Å². The van der Waals surface area contributed by atoms with E-state index in [1.165, 1.54) is 48.5 Å². The number of ether oxygens (including phenoxy) is 2. The second-order valence-electron chi connectivity index (χ2n) is 13.3. The first-order valence-electron chi connectivity index (χ1n) is 18.5. The van der Waals surface area contributed by atoms with E-state index in [4.69, 9.17) is 19.3 Å². The van der Waals surface area contributed by atoms with E-state index in [2.05, 4.69) is 16.0 Å². The van der Waals surface area contributed by atoms with E-state index in [1.807, 2.05) is 4.72 Å². The van der Waals surface area contributed by atoms with Gasteiger partial charge in [0, 0.05) is 33.1 Å². The van der Waals surface area contributed by atoms with Crippen LogP contribution in [-0.2, 0) is 14.6 Å². The number of thiophene rings is 1. The minimum absolute atomic E-state index is 0.0132. The molecular weight excluding hydrogens is 901 g/mol. The van der Waals surface area contributed by atoms with Gasteiger partial charge in [-0.15, -0.1) is 11.3 Å². The summed E-state index contributed by atoms with van der Waals surface area (Å²) >= 11 is 0.837. The Morgan fingerprint density at radius 3 is 1.91 bits per heavy atom. The van der Waals surface area contributed by atoms with Gasteiger partial charge in [0.2, 0.25) is 0 Å². The van der Waals surface area contributed by atoms with Crippen LogP contribution in [0.5, 0.6) is 40.2 Å². The number of nitriles is 1. The van der Waals surface area contributed by atoms with E-state index in [-0.39, 0.29) is 70.0 Å². The molecule has 0 aliphatic rings. The van der Waals surface area contributed by atoms with Crippen LogP contribution in [-0.4, -0.2) is 84.0 Å². The minimum Gasteiger partial charge on any atom is -0.504 e. The zero-order valence-corrected chi connectivity index (χ0v) is 35.3. The molecule has 3 amide bonds. The van der Waals surface area contributed by atoms with Crippen LogP contribution in [0.3, 0.4) is 0 Å². The number of sulfonamides is 1. The second kappa shape index (κ2) is 19.7.